The molecule has 172 valence electrons. The molecule has 7 nitrogen and oxygen atoms in total. The number of benzene rings is 3. The van der Waals surface area contributed by atoms with E-state index in [9.17, 15) is 18.0 Å². The van der Waals surface area contributed by atoms with Crippen molar-refractivity contribution in [1.29, 1.82) is 0 Å². The fourth-order valence-electron chi connectivity index (χ4n) is 3.36. The third kappa shape index (κ3) is 6.58. The summed E-state index contributed by atoms with van der Waals surface area (Å²) >= 11 is 0. The first-order valence-electron chi connectivity index (χ1n) is 10.2. The van der Waals surface area contributed by atoms with Crippen molar-refractivity contribution < 1.29 is 26.9 Å². The van der Waals surface area contributed by atoms with Crippen LogP contribution in [0, 0.1) is 0 Å². The summed E-state index contributed by atoms with van der Waals surface area (Å²) in [5.74, 6) is -0.869. The van der Waals surface area contributed by atoms with Crippen molar-refractivity contribution in [2.45, 2.75) is 25.6 Å². The van der Waals surface area contributed by atoms with Gasteiger partial charge in [-0.3, -0.25) is 10.1 Å². The standard InChI is InChI=1S/C25H25NO6S/c1-18(19-10-6-4-7-11-19)26-25(2,32-33(3,29)30)23(27)20-14-16-22(17-15-20)31-24(28)21-12-8-5-9-13-21/h4-18,26H,1-3H3/t18-,25+/m1/s1. The Balaban J connectivity index is 1.81. The zero-order chi connectivity index (χ0) is 24.1. The summed E-state index contributed by atoms with van der Waals surface area (Å²) in [6, 6.07) is 23.2. The van der Waals surface area contributed by atoms with E-state index in [1.807, 2.05) is 30.3 Å². The quantitative estimate of drug-likeness (QED) is 0.166. The first-order chi connectivity index (χ1) is 15.6. The first kappa shape index (κ1) is 24.3. The molecule has 0 aliphatic carbocycles. The summed E-state index contributed by atoms with van der Waals surface area (Å²) in [4.78, 5) is 25.5. The van der Waals surface area contributed by atoms with E-state index in [-0.39, 0.29) is 17.4 Å². The van der Waals surface area contributed by atoms with E-state index in [1.54, 1.807) is 37.3 Å². The summed E-state index contributed by atoms with van der Waals surface area (Å²) in [5, 5.41) is 3.00. The van der Waals surface area contributed by atoms with Crippen molar-refractivity contribution in [3.8, 4) is 5.75 Å². The van der Waals surface area contributed by atoms with E-state index < -0.39 is 27.6 Å². The Morgan fingerprint density at radius 2 is 1.39 bits per heavy atom. The number of carbonyl (C=O) groups excluding carboxylic acids is 2. The molecule has 0 saturated heterocycles. The molecule has 1 N–H and O–H groups in total. The van der Waals surface area contributed by atoms with Crippen LogP contribution in [0.15, 0.2) is 84.9 Å². The molecule has 2 atom stereocenters. The van der Waals surface area contributed by atoms with Crippen LogP contribution in [0.3, 0.4) is 0 Å². The molecular weight excluding hydrogens is 442 g/mol. The van der Waals surface area contributed by atoms with Gasteiger partial charge in [0.05, 0.1) is 11.8 Å². The fraction of sp³-hybridized carbons (Fsp3) is 0.200. The Morgan fingerprint density at radius 1 is 0.848 bits per heavy atom. The Kier molecular flexibility index (Phi) is 7.43. The van der Waals surface area contributed by atoms with E-state index in [4.69, 9.17) is 8.92 Å². The molecule has 0 aromatic heterocycles. The lowest BCUT2D eigenvalue weighted by Gasteiger charge is -2.31. The van der Waals surface area contributed by atoms with Crippen LogP contribution in [-0.2, 0) is 14.3 Å². The van der Waals surface area contributed by atoms with Gasteiger partial charge in [0.2, 0.25) is 5.78 Å². The van der Waals surface area contributed by atoms with Gasteiger partial charge in [0.25, 0.3) is 10.1 Å². The summed E-state index contributed by atoms with van der Waals surface area (Å²) in [7, 11) is -3.97. The number of Topliss-reactive ketones (excluding diaryl/α,β-unsaturated/α-hetero) is 1. The Labute approximate surface area is 193 Å². The minimum absolute atomic E-state index is 0.188. The van der Waals surface area contributed by atoms with Gasteiger partial charge in [0.1, 0.15) is 5.75 Å². The van der Waals surface area contributed by atoms with E-state index in [0.717, 1.165) is 11.8 Å². The molecule has 0 fully saturated rings. The van der Waals surface area contributed by atoms with Crippen LogP contribution >= 0.6 is 0 Å². The minimum Gasteiger partial charge on any atom is -0.423 e. The van der Waals surface area contributed by atoms with Crippen LogP contribution in [0.2, 0.25) is 0 Å². The summed E-state index contributed by atoms with van der Waals surface area (Å²) < 4.78 is 34.4. The highest BCUT2D eigenvalue weighted by molar-refractivity contribution is 7.86. The van der Waals surface area contributed by atoms with Gasteiger partial charge >= 0.3 is 5.97 Å². The third-order valence-electron chi connectivity index (χ3n) is 4.88. The van der Waals surface area contributed by atoms with Crippen molar-refractivity contribution in [2.24, 2.45) is 0 Å². The number of ketones is 1. The van der Waals surface area contributed by atoms with Crippen LogP contribution in [0.25, 0.3) is 0 Å². The van der Waals surface area contributed by atoms with Crippen LogP contribution < -0.4 is 10.1 Å². The van der Waals surface area contributed by atoms with Gasteiger partial charge in [0.15, 0.2) is 5.72 Å². The lowest BCUT2D eigenvalue weighted by Crippen LogP contribution is -2.53. The number of carbonyl (C=O) groups is 2. The van der Waals surface area contributed by atoms with Crippen LogP contribution in [0.4, 0.5) is 0 Å². The topological polar surface area (TPSA) is 98.8 Å². The van der Waals surface area contributed by atoms with Crippen LogP contribution in [0.1, 0.15) is 46.2 Å². The predicted octanol–water partition coefficient (Wildman–Crippen LogP) is 4.13. The predicted molar refractivity (Wildman–Crippen MR) is 124 cm³/mol. The van der Waals surface area contributed by atoms with E-state index in [1.165, 1.54) is 31.2 Å². The maximum Gasteiger partial charge on any atom is 0.343 e. The SMILES string of the molecule is C[C@@H](N[C@@](C)(OS(C)(=O)=O)C(=O)c1ccc(OC(=O)c2ccccc2)cc1)c1ccccc1. The zero-order valence-corrected chi connectivity index (χ0v) is 19.3. The smallest absolute Gasteiger partial charge is 0.343 e. The minimum atomic E-state index is -3.97. The van der Waals surface area contributed by atoms with Gasteiger partial charge in [0, 0.05) is 11.6 Å². The molecule has 33 heavy (non-hydrogen) atoms. The second-order valence-corrected chi connectivity index (χ2v) is 9.28. The summed E-state index contributed by atoms with van der Waals surface area (Å²) in [5.41, 5.74) is -0.415. The van der Waals surface area contributed by atoms with Crippen molar-refractivity contribution >= 4 is 21.9 Å². The molecular formula is C25H25NO6S. The normalized spacial score (nSPS) is 14.2. The molecule has 8 heteroatoms. The largest absolute Gasteiger partial charge is 0.423 e. The highest BCUT2D eigenvalue weighted by atomic mass is 32.2. The highest BCUT2D eigenvalue weighted by Crippen LogP contribution is 2.24. The monoisotopic (exact) mass is 467 g/mol. The zero-order valence-electron chi connectivity index (χ0n) is 18.5. The molecule has 0 bridgehead atoms. The van der Waals surface area contributed by atoms with Crippen molar-refractivity contribution in [3.63, 3.8) is 0 Å². The molecule has 0 spiro atoms. The van der Waals surface area contributed by atoms with Crippen molar-refractivity contribution in [2.75, 3.05) is 6.26 Å². The number of ether oxygens (including phenoxy) is 1. The van der Waals surface area contributed by atoms with Gasteiger partial charge in [-0.15, -0.1) is 0 Å². The average Bonchev–Trinajstić information content (AvgIpc) is 2.79. The molecule has 0 radical (unpaired) electrons. The second kappa shape index (κ2) is 10.1. The number of esters is 1. The van der Waals surface area contributed by atoms with Gasteiger partial charge in [-0.2, -0.15) is 8.42 Å². The maximum atomic E-state index is 13.3. The molecule has 3 rings (SSSR count). The molecule has 0 unspecified atom stereocenters. The molecule has 0 aliphatic heterocycles. The van der Waals surface area contributed by atoms with E-state index >= 15 is 0 Å². The lowest BCUT2D eigenvalue weighted by molar-refractivity contribution is 0.0358. The van der Waals surface area contributed by atoms with Crippen LogP contribution in [0.5, 0.6) is 5.75 Å². The second-order valence-electron chi connectivity index (χ2n) is 7.71. The Morgan fingerprint density at radius 3 is 1.94 bits per heavy atom. The van der Waals surface area contributed by atoms with Gasteiger partial charge < -0.3 is 4.74 Å². The van der Waals surface area contributed by atoms with Gasteiger partial charge in [-0.1, -0.05) is 48.5 Å². The number of rotatable bonds is 9. The number of hydrogen-bond donors (Lipinski definition) is 1. The van der Waals surface area contributed by atoms with E-state index in [2.05, 4.69) is 5.32 Å². The third-order valence-corrected chi connectivity index (χ3v) is 5.52. The molecule has 3 aromatic rings. The Hall–Kier alpha value is -3.33. The summed E-state index contributed by atoms with van der Waals surface area (Å²) in [6.45, 7) is 3.18. The molecule has 0 heterocycles. The van der Waals surface area contributed by atoms with E-state index in [0.29, 0.717) is 5.56 Å². The fourth-order valence-corrected chi connectivity index (χ4v) is 4.09. The molecule has 0 aliphatic rings. The average molecular weight is 468 g/mol. The van der Waals surface area contributed by atoms with Crippen molar-refractivity contribution in [1.82, 2.24) is 5.32 Å². The first-order valence-corrected chi connectivity index (χ1v) is 12.0. The molecule has 0 saturated carbocycles. The molecule has 3 aromatic carbocycles. The summed E-state index contributed by atoms with van der Waals surface area (Å²) in [6.07, 6.45) is 0.888. The highest BCUT2D eigenvalue weighted by Gasteiger charge is 2.40. The van der Waals surface area contributed by atoms with Gasteiger partial charge in [-0.05, 0) is 55.8 Å². The Bertz CT molecular complexity index is 1210. The van der Waals surface area contributed by atoms with Crippen molar-refractivity contribution in [3.05, 3.63) is 102 Å². The molecule has 0 amide bonds. The maximum absolute atomic E-state index is 13.3. The number of hydrogen-bond acceptors (Lipinski definition) is 7. The lowest BCUT2D eigenvalue weighted by atomic mass is 9.99. The van der Waals surface area contributed by atoms with Crippen LogP contribution in [-0.4, -0.2) is 32.2 Å². The van der Waals surface area contributed by atoms with Gasteiger partial charge in [-0.25, -0.2) is 8.98 Å². The number of nitrogens with one attached hydrogen (secondary N) is 1.